The van der Waals surface area contributed by atoms with Gasteiger partial charge in [0, 0.05) is 19.0 Å². The summed E-state index contributed by atoms with van der Waals surface area (Å²) in [4.78, 5) is 14.2. The van der Waals surface area contributed by atoms with Crippen LogP contribution >= 0.6 is 12.6 Å². The van der Waals surface area contributed by atoms with Crippen molar-refractivity contribution in [3.05, 3.63) is 0 Å². The van der Waals surface area contributed by atoms with E-state index in [4.69, 9.17) is 0 Å². The van der Waals surface area contributed by atoms with Crippen LogP contribution in [0, 0.1) is 5.41 Å². The van der Waals surface area contributed by atoms with Crippen LogP contribution in [0.3, 0.4) is 0 Å². The third-order valence-corrected chi connectivity index (χ3v) is 4.26. The minimum atomic E-state index is 0.279. The highest BCUT2D eigenvalue weighted by atomic mass is 32.1. The van der Waals surface area contributed by atoms with Crippen molar-refractivity contribution in [2.45, 2.75) is 51.5 Å². The van der Waals surface area contributed by atoms with Gasteiger partial charge in [0.15, 0.2) is 0 Å². The van der Waals surface area contributed by atoms with Crippen molar-refractivity contribution in [1.29, 1.82) is 0 Å². The molecule has 0 N–H and O–H groups in total. The predicted molar refractivity (Wildman–Crippen MR) is 65.2 cm³/mol. The summed E-state index contributed by atoms with van der Waals surface area (Å²) in [5.74, 6) is 1.26. The van der Waals surface area contributed by atoms with E-state index in [1.807, 2.05) is 0 Å². The molecule has 0 aromatic rings. The average molecular weight is 227 g/mol. The second-order valence-corrected chi connectivity index (χ2v) is 5.47. The SMILES string of the molecule is CCCN(C(=O)CC1(CS)CC1)C1CC1. The average Bonchev–Trinajstić information content (AvgIpc) is 3.09. The molecule has 2 fully saturated rings. The molecule has 15 heavy (non-hydrogen) atoms. The number of hydrogen-bond donors (Lipinski definition) is 1. The largest absolute Gasteiger partial charge is 0.340 e. The first-order valence-electron chi connectivity index (χ1n) is 6.11. The predicted octanol–water partition coefficient (Wildman–Crippen LogP) is 2.49. The molecule has 0 heterocycles. The summed E-state index contributed by atoms with van der Waals surface area (Å²) < 4.78 is 0. The Morgan fingerprint density at radius 1 is 1.47 bits per heavy atom. The van der Waals surface area contributed by atoms with Crippen LogP contribution in [-0.2, 0) is 4.79 Å². The van der Waals surface area contributed by atoms with Gasteiger partial charge in [-0.15, -0.1) is 0 Å². The summed E-state index contributed by atoms with van der Waals surface area (Å²) >= 11 is 4.36. The van der Waals surface area contributed by atoms with Crippen molar-refractivity contribution < 1.29 is 4.79 Å². The third-order valence-electron chi connectivity index (χ3n) is 3.59. The number of thiol groups is 1. The molecule has 2 aliphatic carbocycles. The number of carbonyl (C=O) groups excluding carboxylic acids is 1. The van der Waals surface area contributed by atoms with Gasteiger partial charge in [0.2, 0.25) is 5.91 Å². The Labute approximate surface area is 97.8 Å². The number of hydrogen-bond acceptors (Lipinski definition) is 2. The van der Waals surface area contributed by atoms with E-state index in [1.54, 1.807) is 0 Å². The lowest BCUT2D eigenvalue weighted by Gasteiger charge is -2.24. The van der Waals surface area contributed by atoms with Gasteiger partial charge in [-0.1, -0.05) is 6.92 Å². The number of carbonyl (C=O) groups is 1. The second kappa shape index (κ2) is 4.36. The topological polar surface area (TPSA) is 20.3 Å². The van der Waals surface area contributed by atoms with E-state index in [2.05, 4.69) is 24.5 Å². The lowest BCUT2D eigenvalue weighted by molar-refractivity contribution is -0.132. The van der Waals surface area contributed by atoms with Crippen molar-refractivity contribution in [2.24, 2.45) is 5.41 Å². The molecule has 3 heteroatoms. The van der Waals surface area contributed by atoms with Gasteiger partial charge >= 0.3 is 0 Å². The Morgan fingerprint density at radius 3 is 2.53 bits per heavy atom. The lowest BCUT2D eigenvalue weighted by Crippen LogP contribution is -2.35. The van der Waals surface area contributed by atoms with E-state index in [0.29, 0.717) is 11.9 Å². The molecular formula is C12H21NOS. The van der Waals surface area contributed by atoms with Gasteiger partial charge in [0.05, 0.1) is 0 Å². The first kappa shape index (κ1) is 11.3. The fraction of sp³-hybridized carbons (Fsp3) is 0.917. The fourth-order valence-electron chi connectivity index (χ4n) is 2.13. The van der Waals surface area contributed by atoms with Crippen LogP contribution in [0.1, 0.15) is 45.4 Å². The summed E-state index contributed by atoms with van der Waals surface area (Å²) in [6.07, 6.45) is 6.67. The Hall–Kier alpha value is -0.180. The molecule has 0 atom stereocenters. The molecule has 86 valence electrons. The first-order chi connectivity index (χ1) is 7.21. The van der Waals surface area contributed by atoms with Crippen LogP contribution in [0.2, 0.25) is 0 Å². The molecule has 2 aliphatic rings. The van der Waals surface area contributed by atoms with Crippen LogP contribution in [0.15, 0.2) is 0 Å². The highest BCUT2D eigenvalue weighted by Gasteiger charge is 2.45. The highest BCUT2D eigenvalue weighted by Crippen LogP contribution is 2.50. The molecular weight excluding hydrogens is 206 g/mol. The van der Waals surface area contributed by atoms with Gasteiger partial charge < -0.3 is 4.90 Å². The highest BCUT2D eigenvalue weighted by molar-refractivity contribution is 7.80. The van der Waals surface area contributed by atoms with Crippen LogP contribution in [-0.4, -0.2) is 29.1 Å². The zero-order chi connectivity index (χ0) is 10.9. The quantitative estimate of drug-likeness (QED) is 0.691. The van der Waals surface area contributed by atoms with Crippen molar-refractivity contribution >= 4 is 18.5 Å². The molecule has 2 rings (SSSR count). The van der Waals surface area contributed by atoms with Gasteiger partial charge in [-0.2, -0.15) is 12.6 Å². The van der Waals surface area contributed by atoms with Crippen LogP contribution in [0.5, 0.6) is 0 Å². The van der Waals surface area contributed by atoms with Crippen LogP contribution in [0.25, 0.3) is 0 Å². The fourth-order valence-corrected chi connectivity index (χ4v) is 2.56. The molecule has 0 radical (unpaired) electrons. The molecule has 0 aromatic heterocycles. The van der Waals surface area contributed by atoms with Crippen molar-refractivity contribution in [1.82, 2.24) is 4.90 Å². The molecule has 1 amide bonds. The Bertz CT molecular complexity index is 246. The van der Waals surface area contributed by atoms with Crippen LogP contribution < -0.4 is 0 Å². The number of amides is 1. The van der Waals surface area contributed by atoms with Gasteiger partial charge in [-0.25, -0.2) is 0 Å². The maximum atomic E-state index is 12.1. The molecule has 2 nitrogen and oxygen atoms in total. The third kappa shape index (κ3) is 2.68. The zero-order valence-corrected chi connectivity index (χ0v) is 10.4. The van der Waals surface area contributed by atoms with E-state index in [-0.39, 0.29) is 5.41 Å². The molecule has 0 saturated heterocycles. The summed E-state index contributed by atoms with van der Waals surface area (Å²) in [7, 11) is 0. The van der Waals surface area contributed by atoms with E-state index < -0.39 is 0 Å². The van der Waals surface area contributed by atoms with E-state index in [1.165, 1.54) is 25.7 Å². The molecule has 2 saturated carbocycles. The zero-order valence-electron chi connectivity index (χ0n) is 9.54. The Balaban J connectivity index is 1.87. The van der Waals surface area contributed by atoms with Crippen molar-refractivity contribution in [3.63, 3.8) is 0 Å². The van der Waals surface area contributed by atoms with Gasteiger partial charge in [-0.05, 0) is 43.3 Å². The van der Waals surface area contributed by atoms with Gasteiger partial charge in [-0.3, -0.25) is 4.79 Å². The maximum Gasteiger partial charge on any atom is 0.223 e. The first-order valence-corrected chi connectivity index (χ1v) is 6.74. The number of rotatable bonds is 6. The molecule has 0 bridgehead atoms. The minimum Gasteiger partial charge on any atom is -0.340 e. The second-order valence-electron chi connectivity index (χ2n) is 5.15. The van der Waals surface area contributed by atoms with Gasteiger partial charge in [0.25, 0.3) is 0 Å². The van der Waals surface area contributed by atoms with E-state index >= 15 is 0 Å². The standard InChI is InChI=1S/C12H21NOS/c1-2-7-13(10-3-4-10)11(14)8-12(9-15)5-6-12/h10,15H,2-9H2,1H3. The Kier molecular flexibility index (Phi) is 3.29. The molecule has 0 aliphatic heterocycles. The van der Waals surface area contributed by atoms with Crippen molar-refractivity contribution in [2.75, 3.05) is 12.3 Å². The normalized spacial score (nSPS) is 22.5. The maximum absolute atomic E-state index is 12.1. The summed E-state index contributed by atoms with van der Waals surface area (Å²) in [6, 6.07) is 0.577. The Morgan fingerprint density at radius 2 is 2.13 bits per heavy atom. The summed E-state index contributed by atoms with van der Waals surface area (Å²) in [5, 5.41) is 0. The smallest absolute Gasteiger partial charge is 0.223 e. The molecule has 0 aromatic carbocycles. The number of nitrogens with zero attached hydrogens (tertiary/aromatic N) is 1. The minimum absolute atomic E-state index is 0.279. The molecule has 0 unspecified atom stereocenters. The summed E-state index contributed by atoms with van der Waals surface area (Å²) in [6.45, 7) is 3.10. The van der Waals surface area contributed by atoms with Crippen molar-refractivity contribution in [3.8, 4) is 0 Å². The van der Waals surface area contributed by atoms with Crippen LogP contribution in [0.4, 0.5) is 0 Å². The monoisotopic (exact) mass is 227 g/mol. The van der Waals surface area contributed by atoms with E-state index in [9.17, 15) is 4.79 Å². The van der Waals surface area contributed by atoms with E-state index in [0.717, 1.165) is 25.1 Å². The summed E-state index contributed by atoms with van der Waals surface area (Å²) in [5.41, 5.74) is 0.279. The lowest BCUT2D eigenvalue weighted by atomic mass is 10.0. The van der Waals surface area contributed by atoms with Gasteiger partial charge in [0.1, 0.15) is 0 Å². The molecule has 0 spiro atoms.